The molecule has 144 valence electrons. The summed E-state index contributed by atoms with van der Waals surface area (Å²) in [6, 6.07) is 3.52. The standard InChI is InChI=1S/C18H22ClF3N2O2/c1-17(2,24-7-9-26-10-8-24)12-23-16(25)6-4-13-3-5-15(19)14(11-13)18(20,21)22/h3-6,11H,7-10,12H2,1-2H3,(H,23,25)/b6-4+. The lowest BCUT2D eigenvalue weighted by Gasteiger charge is -2.40. The highest BCUT2D eigenvalue weighted by Gasteiger charge is 2.33. The molecule has 0 atom stereocenters. The van der Waals surface area contributed by atoms with Crippen molar-refractivity contribution in [1.82, 2.24) is 10.2 Å². The van der Waals surface area contributed by atoms with Crippen molar-refractivity contribution in [3.8, 4) is 0 Å². The van der Waals surface area contributed by atoms with Gasteiger partial charge in [0.25, 0.3) is 0 Å². The molecule has 0 radical (unpaired) electrons. The summed E-state index contributed by atoms with van der Waals surface area (Å²) in [6.45, 7) is 7.39. The lowest BCUT2D eigenvalue weighted by Crippen LogP contribution is -2.55. The van der Waals surface area contributed by atoms with Crippen LogP contribution in [0.2, 0.25) is 5.02 Å². The van der Waals surface area contributed by atoms with E-state index in [1.165, 1.54) is 24.3 Å². The van der Waals surface area contributed by atoms with Crippen LogP contribution in [0, 0.1) is 0 Å². The monoisotopic (exact) mass is 390 g/mol. The van der Waals surface area contributed by atoms with Crippen LogP contribution in [-0.2, 0) is 15.7 Å². The molecule has 1 fully saturated rings. The highest BCUT2D eigenvalue weighted by molar-refractivity contribution is 6.31. The molecule has 4 nitrogen and oxygen atoms in total. The molecule has 1 aliphatic heterocycles. The normalized spacial score (nSPS) is 16.8. The highest BCUT2D eigenvalue weighted by atomic mass is 35.5. The van der Waals surface area contributed by atoms with E-state index in [9.17, 15) is 18.0 Å². The van der Waals surface area contributed by atoms with Crippen LogP contribution in [-0.4, -0.2) is 49.2 Å². The quantitative estimate of drug-likeness (QED) is 0.781. The van der Waals surface area contributed by atoms with Gasteiger partial charge in [-0.05, 0) is 37.6 Å². The molecule has 8 heteroatoms. The number of amides is 1. The Morgan fingerprint density at radius 1 is 1.31 bits per heavy atom. The molecule has 1 aliphatic rings. The Morgan fingerprint density at radius 3 is 2.58 bits per heavy atom. The van der Waals surface area contributed by atoms with Crippen molar-refractivity contribution in [2.75, 3.05) is 32.8 Å². The van der Waals surface area contributed by atoms with Gasteiger partial charge in [0, 0.05) is 31.2 Å². The molecule has 0 aliphatic carbocycles. The average Bonchev–Trinajstić information content (AvgIpc) is 2.59. The molecule has 0 unspecified atom stereocenters. The zero-order chi connectivity index (χ0) is 19.4. The Kier molecular flexibility index (Phi) is 6.71. The summed E-state index contributed by atoms with van der Waals surface area (Å²) in [5.74, 6) is -0.366. The molecule has 1 saturated heterocycles. The number of ether oxygens (including phenoxy) is 1. The second-order valence-electron chi connectivity index (χ2n) is 6.70. The van der Waals surface area contributed by atoms with Crippen LogP contribution < -0.4 is 5.32 Å². The van der Waals surface area contributed by atoms with E-state index in [0.29, 0.717) is 19.8 Å². The zero-order valence-corrected chi connectivity index (χ0v) is 15.5. The Hall–Kier alpha value is -1.57. The fourth-order valence-electron chi connectivity index (χ4n) is 2.68. The number of carbonyl (C=O) groups excluding carboxylic acids is 1. The Bertz CT molecular complexity index is 669. The molecule has 1 aromatic carbocycles. The fraction of sp³-hybridized carbons (Fsp3) is 0.500. The number of rotatable bonds is 5. The van der Waals surface area contributed by atoms with E-state index in [-0.39, 0.29) is 22.0 Å². The number of nitrogens with one attached hydrogen (secondary N) is 1. The molecule has 1 amide bonds. The second kappa shape index (κ2) is 8.41. The van der Waals surface area contributed by atoms with Gasteiger partial charge in [-0.2, -0.15) is 13.2 Å². The molecule has 1 heterocycles. The molecular weight excluding hydrogens is 369 g/mol. The highest BCUT2D eigenvalue weighted by Crippen LogP contribution is 2.35. The second-order valence-corrected chi connectivity index (χ2v) is 7.11. The molecule has 0 aromatic heterocycles. The van der Waals surface area contributed by atoms with Gasteiger partial charge < -0.3 is 10.1 Å². The van der Waals surface area contributed by atoms with Crippen LogP contribution in [0.3, 0.4) is 0 Å². The van der Waals surface area contributed by atoms with Gasteiger partial charge in [-0.3, -0.25) is 9.69 Å². The van der Waals surface area contributed by atoms with Crippen molar-refractivity contribution in [2.24, 2.45) is 0 Å². The number of morpholine rings is 1. The lowest BCUT2D eigenvalue weighted by atomic mass is 10.0. The minimum absolute atomic E-state index is 0.239. The summed E-state index contributed by atoms with van der Waals surface area (Å²) in [4.78, 5) is 14.2. The summed E-state index contributed by atoms with van der Waals surface area (Å²) < 4.78 is 43.9. The first-order valence-corrected chi connectivity index (χ1v) is 8.63. The predicted octanol–water partition coefficient (Wildman–Crippen LogP) is 3.60. The first kappa shape index (κ1) is 20.7. The van der Waals surface area contributed by atoms with E-state index in [0.717, 1.165) is 19.2 Å². The SMILES string of the molecule is CC(C)(CNC(=O)/C=C/c1ccc(Cl)c(C(F)(F)F)c1)N1CCOCC1. The third-order valence-electron chi connectivity index (χ3n) is 4.29. The maximum absolute atomic E-state index is 12.9. The Labute approximate surface area is 155 Å². The first-order chi connectivity index (χ1) is 12.1. The van der Waals surface area contributed by atoms with Gasteiger partial charge in [0.2, 0.25) is 5.91 Å². The summed E-state index contributed by atoms with van der Waals surface area (Å²) in [5, 5.41) is 2.42. The third-order valence-corrected chi connectivity index (χ3v) is 4.61. The molecule has 0 spiro atoms. The minimum Gasteiger partial charge on any atom is -0.379 e. The lowest BCUT2D eigenvalue weighted by molar-refractivity contribution is -0.137. The molecule has 2 rings (SSSR count). The number of alkyl halides is 3. The van der Waals surface area contributed by atoms with E-state index < -0.39 is 11.7 Å². The van der Waals surface area contributed by atoms with Crippen LogP contribution in [0.1, 0.15) is 25.0 Å². The number of hydrogen-bond donors (Lipinski definition) is 1. The predicted molar refractivity (Wildman–Crippen MR) is 95.0 cm³/mol. The van der Waals surface area contributed by atoms with Crippen LogP contribution in [0.25, 0.3) is 6.08 Å². The molecule has 26 heavy (non-hydrogen) atoms. The summed E-state index contributed by atoms with van der Waals surface area (Å²) in [6.07, 6.45) is -1.98. The Morgan fingerprint density at radius 2 is 1.96 bits per heavy atom. The van der Waals surface area contributed by atoms with Crippen LogP contribution in [0.4, 0.5) is 13.2 Å². The molecule has 1 aromatic rings. The maximum atomic E-state index is 12.9. The van der Waals surface area contributed by atoms with Crippen molar-refractivity contribution in [3.63, 3.8) is 0 Å². The number of hydrogen-bond acceptors (Lipinski definition) is 3. The van der Waals surface area contributed by atoms with E-state index in [1.807, 2.05) is 13.8 Å². The number of halogens is 4. The molecular formula is C18H22ClF3N2O2. The summed E-state index contributed by atoms with van der Waals surface area (Å²) >= 11 is 5.58. The Balaban J connectivity index is 1.95. The van der Waals surface area contributed by atoms with Gasteiger partial charge in [0.05, 0.1) is 23.8 Å². The van der Waals surface area contributed by atoms with E-state index in [2.05, 4.69) is 10.2 Å². The van der Waals surface area contributed by atoms with Crippen molar-refractivity contribution in [1.29, 1.82) is 0 Å². The summed E-state index contributed by atoms with van der Waals surface area (Å²) in [7, 11) is 0. The fourth-order valence-corrected chi connectivity index (χ4v) is 2.90. The van der Waals surface area contributed by atoms with Crippen LogP contribution >= 0.6 is 11.6 Å². The van der Waals surface area contributed by atoms with E-state index >= 15 is 0 Å². The van der Waals surface area contributed by atoms with Crippen LogP contribution in [0.5, 0.6) is 0 Å². The van der Waals surface area contributed by atoms with Gasteiger partial charge in [0.1, 0.15) is 0 Å². The number of nitrogens with zero attached hydrogens (tertiary/aromatic N) is 1. The summed E-state index contributed by atoms with van der Waals surface area (Å²) in [5.41, 5.74) is -0.906. The topological polar surface area (TPSA) is 41.6 Å². The molecule has 1 N–H and O–H groups in total. The van der Waals surface area contributed by atoms with Gasteiger partial charge in [-0.25, -0.2) is 0 Å². The van der Waals surface area contributed by atoms with Crippen molar-refractivity contribution >= 4 is 23.6 Å². The van der Waals surface area contributed by atoms with Crippen molar-refractivity contribution < 1.29 is 22.7 Å². The van der Waals surface area contributed by atoms with Gasteiger partial charge in [-0.1, -0.05) is 17.7 Å². The zero-order valence-electron chi connectivity index (χ0n) is 14.7. The van der Waals surface area contributed by atoms with Gasteiger partial charge >= 0.3 is 6.18 Å². The third kappa shape index (κ3) is 5.72. The maximum Gasteiger partial charge on any atom is 0.417 e. The number of carbonyl (C=O) groups is 1. The average molecular weight is 391 g/mol. The van der Waals surface area contributed by atoms with E-state index in [4.69, 9.17) is 16.3 Å². The van der Waals surface area contributed by atoms with E-state index in [1.54, 1.807) is 0 Å². The van der Waals surface area contributed by atoms with Crippen LogP contribution in [0.15, 0.2) is 24.3 Å². The number of benzene rings is 1. The molecule has 0 saturated carbocycles. The van der Waals surface area contributed by atoms with Crippen molar-refractivity contribution in [3.05, 3.63) is 40.4 Å². The molecule has 0 bridgehead atoms. The first-order valence-electron chi connectivity index (χ1n) is 8.25. The smallest absolute Gasteiger partial charge is 0.379 e. The largest absolute Gasteiger partial charge is 0.417 e. The van der Waals surface area contributed by atoms with Gasteiger partial charge in [-0.15, -0.1) is 0 Å². The minimum atomic E-state index is -4.54. The van der Waals surface area contributed by atoms with Gasteiger partial charge in [0.15, 0.2) is 0 Å². The van der Waals surface area contributed by atoms with Crippen molar-refractivity contribution in [2.45, 2.75) is 25.6 Å².